The van der Waals surface area contributed by atoms with Gasteiger partial charge in [0, 0.05) is 0 Å². The maximum atomic E-state index is 12.3. The first kappa shape index (κ1) is 17.1. The monoisotopic (exact) mass is 330 g/mol. The molecule has 1 fully saturated rings. The minimum atomic E-state index is -1.65. The van der Waals surface area contributed by atoms with Crippen LogP contribution in [0.1, 0.15) is 33.6 Å². The van der Waals surface area contributed by atoms with Crippen molar-refractivity contribution < 1.29 is 18.1 Å². The molecule has 0 amide bonds. The highest BCUT2D eigenvalue weighted by atomic mass is 19.3. The van der Waals surface area contributed by atoms with Crippen molar-refractivity contribution in [2.24, 2.45) is 0 Å². The van der Waals surface area contributed by atoms with Crippen molar-refractivity contribution in [1.29, 1.82) is 0 Å². The maximum Gasteiger partial charge on any atom is 0.495 e. The van der Waals surface area contributed by atoms with Crippen LogP contribution in [-0.4, -0.2) is 18.3 Å². The summed E-state index contributed by atoms with van der Waals surface area (Å²) in [5, 5.41) is 2.20. The molecule has 0 aromatic heterocycles. The van der Waals surface area contributed by atoms with E-state index in [1.807, 2.05) is 63.2 Å². The van der Waals surface area contributed by atoms with Gasteiger partial charge in [0.15, 0.2) is 0 Å². The molecule has 0 N–H and O–H groups in total. The topological polar surface area (TPSA) is 18.5 Å². The van der Waals surface area contributed by atoms with Crippen LogP contribution in [0.4, 0.5) is 8.78 Å². The Bertz CT molecular complexity index is 766. The Morgan fingerprint density at radius 2 is 1.75 bits per heavy atom. The van der Waals surface area contributed by atoms with Gasteiger partial charge in [-0.15, -0.1) is 0 Å². The van der Waals surface area contributed by atoms with Gasteiger partial charge in [-0.25, -0.2) is 0 Å². The van der Waals surface area contributed by atoms with Gasteiger partial charge in [-0.3, -0.25) is 0 Å². The Hall–Kier alpha value is -1.72. The fourth-order valence-corrected chi connectivity index (χ4v) is 3.19. The minimum Gasteiger partial charge on any atom is -0.399 e. The normalized spacial score (nSPS) is 22.8. The van der Waals surface area contributed by atoms with Gasteiger partial charge in [0.05, 0.1) is 11.2 Å². The third-order valence-corrected chi connectivity index (χ3v) is 5.04. The van der Waals surface area contributed by atoms with Crippen LogP contribution in [0.3, 0.4) is 0 Å². The van der Waals surface area contributed by atoms with E-state index in [0.717, 1.165) is 22.3 Å². The second-order valence-corrected chi connectivity index (χ2v) is 6.91. The standard InChI is InChI=1S/C19H21BF2O2/c1-18(2)19(3,13-7-12-17(21)22)24-20(23-18)16-11-6-9-14-8-4-5-10-15(14)16/h4-6,8-12H,7,13H2,1-3H3. The summed E-state index contributed by atoms with van der Waals surface area (Å²) in [7, 11) is -0.504. The molecule has 0 radical (unpaired) electrons. The second-order valence-electron chi connectivity index (χ2n) is 6.91. The molecule has 0 saturated carbocycles. The van der Waals surface area contributed by atoms with Gasteiger partial charge >= 0.3 is 7.12 Å². The zero-order chi connectivity index (χ0) is 17.4. The van der Waals surface area contributed by atoms with Crippen molar-refractivity contribution in [3.8, 4) is 0 Å². The van der Waals surface area contributed by atoms with Crippen molar-refractivity contribution in [2.75, 3.05) is 0 Å². The highest BCUT2D eigenvalue weighted by Crippen LogP contribution is 2.41. The van der Waals surface area contributed by atoms with E-state index in [1.54, 1.807) is 0 Å². The Kier molecular flexibility index (Phi) is 4.49. The molecule has 2 aromatic carbocycles. The molecule has 1 aliphatic heterocycles. The number of hydrogen-bond acceptors (Lipinski definition) is 2. The molecule has 1 unspecified atom stereocenters. The van der Waals surface area contributed by atoms with Gasteiger partial charge in [-0.05, 0) is 55.9 Å². The van der Waals surface area contributed by atoms with Crippen LogP contribution in [0.5, 0.6) is 0 Å². The summed E-state index contributed by atoms with van der Waals surface area (Å²) in [6.45, 7) is 5.84. The summed E-state index contributed by atoms with van der Waals surface area (Å²) in [4.78, 5) is 0. The van der Waals surface area contributed by atoms with Crippen LogP contribution >= 0.6 is 0 Å². The summed E-state index contributed by atoms with van der Waals surface area (Å²) in [6.07, 6.45) is 0.0171. The lowest BCUT2D eigenvalue weighted by molar-refractivity contribution is -0.0149. The van der Waals surface area contributed by atoms with Crippen LogP contribution in [0.2, 0.25) is 0 Å². The van der Waals surface area contributed by atoms with E-state index >= 15 is 0 Å². The van der Waals surface area contributed by atoms with Crippen molar-refractivity contribution in [3.63, 3.8) is 0 Å². The maximum absolute atomic E-state index is 12.3. The van der Waals surface area contributed by atoms with E-state index in [0.29, 0.717) is 6.42 Å². The highest BCUT2D eigenvalue weighted by molar-refractivity contribution is 6.65. The first-order valence-electron chi connectivity index (χ1n) is 8.17. The number of allylic oxidation sites excluding steroid dienone is 1. The number of fused-ring (bicyclic) bond motifs is 1. The Morgan fingerprint density at radius 3 is 2.50 bits per heavy atom. The zero-order valence-corrected chi connectivity index (χ0v) is 14.2. The van der Waals surface area contributed by atoms with E-state index in [9.17, 15) is 8.78 Å². The van der Waals surface area contributed by atoms with Crippen LogP contribution in [0.15, 0.2) is 54.6 Å². The Morgan fingerprint density at radius 1 is 1.04 bits per heavy atom. The van der Waals surface area contributed by atoms with Crippen molar-refractivity contribution in [2.45, 2.75) is 44.8 Å². The third-order valence-electron chi connectivity index (χ3n) is 5.04. The second kappa shape index (κ2) is 6.30. The molecule has 1 heterocycles. The van der Waals surface area contributed by atoms with Crippen LogP contribution < -0.4 is 5.46 Å². The quantitative estimate of drug-likeness (QED) is 0.758. The molecule has 126 valence electrons. The van der Waals surface area contributed by atoms with Gasteiger partial charge in [0.25, 0.3) is 6.08 Å². The number of hydrogen-bond donors (Lipinski definition) is 0. The fourth-order valence-electron chi connectivity index (χ4n) is 3.19. The number of halogens is 2. The van der Waals surface area contributed by atoms with Crippen LogP contribution in [0.25, 0.3) is 10.8 Å². The molecule has 1 aliphatic rings. The minimum absolute atomic E-state index is 0.258. The molecule has 1 atom stereocenters. The Balaban J connectivity index is 1.90. The molecule has 5 heteroatoms. The van der Waals surface area contributed by atoms with Gasteiger partial charge in [-0.1, -0.05) is 42.5 Å². The van der Waals surface area contributed by atoms with Gasteiger partial charge in [0.2, 0.25) is 0 Å². The lowest BCUT2D eigenvalue weighted by Gasteiger charge is -2.36. The van der Waals surface area contributed by atoms with Crippen molar-refractivity contribution in [3.05, 3.63) is 54.6 Å². The van der Waals surface area contributed by atoms with E-state index < -0.39 is 24.4 Å². The molecule has 2 nitrogen and oxygen atoms in total. The van der Waals surface area contributed by atoms with Crippen molar-refractivity contribution >= 4 is 23.4 Å². The molecule has 2 aromatic rings. The van der Waals surface area contributed by atoms with Gasteiger partial charge in [-0.2, -0.15) is 8.78 Å². The predicted molar refractivity (Wildman–Crippen MR) is 93.5 cm³/mol. The molecule has 0 spiro atoms. The highest BCUT2D eigenvalue weighted by Gasteiger charge is 2.54. The van der Waals surface area contributed by atoms with E-state index in [4.69, 9.17) is 9.31 Å². The molecule has 3 rings (SSSR count). The summed E-state index contributed by atoms with van der Waals surface area (Å²) in [6, 6.07) is 14.1. The average molecular weight is 330 g/mol. The largest absolute Gasteiger partial charge is 0.495 e. The van der Waals surface area contributed by atoms with Crippen molar-refractivity contribution in [1.82, 2.24) is 0 Å². The summed E-state index contributed by atoms with van der Waals surface area (Å²) < 4.78 is 37.1. The van der Waals surface area contributed by atoms with Gasteiger partial charge < -0.3 is 9.31 Å². The smallest absolute Gasteiger partial charge is 0.399 e. The molecule has 1 saturated heterocycles. The zero-order valence-electron chi connectivity index (χ0n) is 14.2. The number of benzene rings is 2. The van der Waals surface area contributed by atoms with E-state index in [1.165, 1.54) is 0 Å². The predicted octanol–water partition coefficient (Wildman–Crippen LogP) is 4.68. The lowest BCUT2D eigenvalue weighted by atomic mass is 9.76. The van der Waals surface area contributed by atoms with Crippen LogP contribution in [-0.2, 0) is 9.31 Å². The first-order chi connectivity index (χ1) is 11.3. The van der Waals surface area contributed by atoms with Gasteiger partial charge in [0.1, 0.15) is 0 Å². The summed E-state index contributed by atoms with van der Waals surface area (Å²) in [5.41, 5.74) is -0.243. The lowest BCUT2D eigenvalue weighted by Crippen LogP contribution is -2.44. The fraction of sp³-hybridized carbons (Fsp3) is 0.368. The molecular formula is C19H21BF2O2. The average Bonchev–Trinajstić information content (AvgIpc) is 2.76. The molecule has 0 bridgehead atoms. The molecule has 0 aliphatic carbocycles. The molecular weight excluding hydrogens is 309 g/mol. The van der Waals surface area contributed by atoms with Crippen LogP contribution in [0, 0.1) is 0 Å². The van der Waals surface area contributed by atoms with E-state index in [-0.39, 0.29) is 6.42 Å². The SMILES string of the molecule is CC1(C)OB(c2cccc3ccccc23)OC1(C)CCC=C(F)F. The summed E-state index contributed by atoms with van der Waals surface area (Å²) in [5.74, 6) is 0. The number of rotatable bonds is 4. The summed E-state index contributed by atoms with van der Waals surface area (Å²) >= 11 is 0. The molecule has 24 heavy (non-hydrogen) atoms. The van der Waals surface area contributed by atoms with E-state index in [2.05, 4.69) is 0 Å². The Labute approximate surface area is 141 Å². The third kappa shape index (κ3) is 3.11. The first-order valence-corrected chi connectivity index (χ1v) is 8.17.